The SMILES string of the molecule is O=C(O)C[C@H](NC(=O)CNC(=O)c1cc(NC2=NCC(F)CN2)c2cn[nH]c2c1)c1cccc(Br)c1. The van der Waals surface area contributed by atoms with Crippen LogP contribution in [0.1, 0.15) is 28.4 Å². The van der Waals surface area contributed by atoms with Crippen molar-refractivity contribution >= 4 is 56.3 Å². The van der Waals surface area contributed by atoms with E-state index < -0.39 is 30.0 Å². The molecule has 36 heavy (non-hydrogen) atoms. The number of aliphatic carboxylic acids is 1. The molecule has 11 nitrogen and oxygen atoms in total. The Balaban J connectivity index is 1.43. The van der Waals surface area contributed by atoms with Crippen LogP contribution in [-0.4, -0.2) is 64.9 Å². The number of hydrogen-bond acceptors (Lipinski definition) is 7. The van der Waals surface area contributed by atoms with Gasteiger partial charge in [-0.1, -0.05) is 28.1 Å². The minimum absolute atomic E-state index is 0.0297. The Hall–Kier alpha value is -4.00. The first-order chi connectivity index (χ1) is 17.3. The van der Waals surface area contributed by atoms with Gasteiger partial charge in [0.05, 0.1) is 49.5 Å². The molecule has 0 radical (unpaired) electrons. The van der Waals surface area contributed by atoms with Crippen LogP contribution in [0.4, 0.5) is 10.1 Å². The van der Waals surface area contributed by atoms with Gasteiger partial charge in [0.2, 0.25) is 5.91 Å². The van der Waals surface area contributed by atoms with Crippen molar-refractivity contribution in [3.05, 3.63) is 58.2 Å². The highest BCUT2D eigenvalue weighted by atomic mass is 79.9. The first-order valence-electron chi connectivity index (χ1n) is 11.0. The van der Waals surface area contributed by atoms with E-state index in [0.717, 1.165) is 4.47 Å². The number of aliphatic imine (C=N–C) groups is 1. The highest BCUT2D eigenvalue weighted by molar-refractivity contribution is 9.10. The molecule has 2 atom stereocenters. The van der Waals surface area contributed by atoms with Gasteiger partial charge in [-0.05, 0) is 29.8 Å². The van der Waals surface area contributed by atoms with Crippen molar-refractivity contribution in [2.24, 2.45) is 4.99 Å². The van der Waals surface area contributed by atoms with Gasteiger partial charge in [-0.2, -0.15) is 5.10 Å². The number of nitrogens with zero attached hydrogens (tertiary/aromatic N) is 2. The summed E-state index contributed by atoms with van der Waals surface area (Å²) < 4.78 is 14.1. The van der Waals surface area contributed by atoms with E-state index in [9.17, 15) is 23.9 Å². The molecule has 0 aliphatic carbocycles. The van der Waals surface area contributed by atoms with Crippen LogP contribution < -0.4 is 21.3 Å². The Morgan fingerprint density at radius 3 is 2.81 bits per heavy atom. The van der Waals surface area contributed by atoms with Crippen LogP contribution in [0.2, 0.25) is 0 Å². The number of halogens is 2. The van der Waals surface area contributed by atoms with E-state index in [1.165, 1.54) is 0 Å². The molecular weight excluding hydrogens is 537 g/mol. The van der Waals surface area contributed by atoms with Crippen molar-refractivity contribution in [1.29, 1.82) is 0 Å². The normalized spacial score (nSPS) is 15.9. The number of amides is 2. The summed E-state index contributed by atoms with van der Waals surface area (Å²) in [6.07, 6.45) is 0.202. The molecule has 2 aromatic carbocycles. The first kappa shape index (κ1) is 25.1. The zero-order valence-electron chi connectivity index (χ0n) is 18.8. The van der Waals surface area contributed by atoms with Gasteiger partial charge in [0.15, 0.2) is 5.96 Å². The van der Waals surface area contributed by atoms with Crippen molar-refractivity contribution in [1.82, 2.24) is 26.1 Å². The molecule has 2 amide bonds. The number of aromatic amines is 1. The average molecular weight is 560 g/mol. The van der Waals surface area contributed by atoms with E-state index in [-0.39, 0.29) is 31.6 Å². The lowest BCUT2D eigenvalue weighted by atomic mass is 10.0. The van der Waals surface area contributed by atoms with E-state index in [4.69, 9.17) is 0 Å². The van der Waals surface area contributed by atoms with E-state index >= 15 is 0 Å². The molecule has 1 aromatic heterocycles. The molecule has 3 aromatic rings. The number of nitrogens with one attached hydrogen (secondary N) is 5. The van der Waals surface area contributed by atoms with Crippen LogP contribution in [0.25, 0.3) is 10.9 Å². The largest absolute Gasteiger partial charge is 0.481 e. The fourth-order valence-electron chi connectivity index (χ4n) is 3.67. The molecule has 6 N–H and O–H groups in total. The quantitative estimate of drug-likeness (QED) is 0.246. The molecule has 0 saturated heterocycles. The number of fused-ring (bicyclic) bond motifs is 1. The predicted octanol–water partition coefficient (Wildman–Crippen LogP) is 2.10. The lowest BCUT2D eigenvalue weighted by molar-refractivity contribution is -0.137. The number of carbonyl (C=O) groups is 3. The molecule has 13 heteroatoms. The highest BCUT2D eigenvalue weighted by Gasteiger charge is 2.20. The summed E-state index contributed by atoms with van der Waals surface area (Å²) in [6, 6.07) is 9.36. The number of aromatic nitrogens is 2. The second kappa shape index (κ2) is 11.2. The van der Waals surface area contributed by atoms with Crippen LogP contribution in [0, 0.1) is 0 Å². The molecular formula is C23H23BrFN7O4. The summed E-state index contributed by atoms with van der Waals surface area (Å²) in [6.45, 7) is -0.209. The van der Waals surface area contributed by atoms with Gasteiger partial charge in [0.1, 0.15) is 6.17 Å². The Morgan fingerprint density at radius 1 is 1.25 bits per heavy atom. The zero-order chi connectivity index (χ0) is 25.7. The fraction of sp³-hybridized carbons (Fsp3) is 0.261. The third-order valence-corrected chi connectivity index (χ3v) is 5.88. The monoisotopic (exact) mass is 559 g/mol. The van der Waals surface area contributed by atoms with Crippen LogP contribution in [0.5, 0.6) is 0 Å². The topological polar surface area (TPSA) is 161 Å². The van der Waals surface area contributed by atoms with Gasteiger partial charge in [-0.3, -0.25) is 19.5 Å². The van der Waals surface area contributed by atoms with Gasteiger partial charge in [-0.15, -0.1) is 0 Å². The standard InChI is InChI=1S/C23H23BrFN7O4/c24-14-3-1-2-12(4-14)17(7-21(34)35)30-20(33)11-26-22(36)13-5-18(16-10-29-32-19(16)6-13)31-23-27-8-15(25)9-28-23/h1-6,10,15,17H,7-9,11H2,(H,26,36)(H,29,32)(H,30,33)(H,34,35)(H2,27,28,31)/t17-/m0/s1. The lowest BCUT2D eigenvalue weighted by Crippen LogP contribution is -2.41. The molecule has 0 spiro atoms. The van der Waals surface area contributed by atoms with Gasteiger partial charge in [-0.25, -0.2) is 9.38 Å². The number of hydrogen-bond donors (Lipinski definition) is 6. The van der Waals surface area contributed by atoms with E-state index in [0.29, 0.717) is 28.1 Å². The molecule has 188 valence electrons. The highest BCUT2D eigenvalue weighted by Crippen LogP contribution is 2.24. The molecule has 2 heterocycles. The number of rotatable bonds is 8. The number of carboxylic acids is 1. The second-order valence-corrected chi connectivity index (χ2v) is 9.02. The molecule has 1 aliphatic heterocycles. The summed E-state index contributed by atoms with van der Waals surface area (Å²) in [7, 11) is 0. The first-order valence-corrected chi connectivity index (χ1v) is 11.8. The van der Waals surface area contributed by atoms with Crippen LogP contribution in [0.3, 0.4) is 0 Å². The van der Waals surface area contributed by atoms with Crippen molar-refractivity contribution in [3.8, 4) is 0 Å². The van der Waals surface area contributed by atoms with Gasteiger partial charge in [0, 0.05) is 15.4 Å². The van der Waals surface area contributed by atoms with Crippen molar-refractivity contribution in [2.75, 3.05) is 25.0 Å². The summed E-state index contributed by atoms with van der Waals surface area (Å²) in [5, 5.41) is 27.8. The Morgan fingerprint density at radius 2 is 2.08 bits per heavy atom. The lowest BCUT2D eigenvalue weighted by Gasteiger charge is -2.19. The van der Waals surface area contributed by atoms with Gasteiger partial charge in [0.25, 0.3) is 5.91 Å². The van der Waals surface area contributed by atoms with Crippen LogP contribution in [-0.2, 0) is 9.59 Å². The molecule has 0 bridgehead atoms. The number of guanidine groups is 1. The molecule has 1 aliphatic rings. The van der Waals surface area contributed by atoms with Crippen molar-refractivity contribution in [3.63, 3.8) is 0 Å². The summed E-state index contributed by atoms with van der Waals surface area (Å²) in [4.78, 5) is 40.8. The summed E-state index contributed by atoms with van der Waals surface area (Å²) in [5.41, 5.74) is 1.96. The maximum Gasteiger partial charge on any atom is 0.305 e. The van der Waals surface area contributed by atoms with Gasteiger partial charge < -0.3 is 26.4 Å². The zero-order valence-corrected chi connectivity index (χ0v) is 20.4. The predicted molar refractivity (Wildman–Crippen MR) is 135 cm³/mol. The molecule has 1 unspecified atom stereocenters. The number of carboxylic acid groups (broad SMARTS) is 1. The van der Waals surface area contributed by atoms with Gasteiger partial charge >= 0.3 is 5.97 Å². The van der Waals surface area contributed by atoms with E-state index in [1.54, 1.807) is 42.6 Å². The van der Waals surface area contributed by atoms with E-state index in [2.05, 4.69) is 52.4 Å². The third kappa shape index (κ3) is 6.36. The minimum atomic E-state index is -1.07. The number of alkyl halides is 1. The fourth-order valence-corrected chi connectivity index (χ4v) is 4.09. The number of anilines is 1. The summed E-state index contributed by atoms with van der Waals surface area (Å²) in [5.74, 6) is -1.77. The Labute approximate surface area is 213 Å². The van der Waals surface area contributed by atoms with Crippen LogP contribution >= 0.6 is 15.9 Å². The second-order valence-electron chi connectivity index (χ2n) is 8.10. The number of benzene rings is 2. The average Bonchev–Trinajstić information content (AvgIpc) is 3.32. The van der Waals surface area contributed by atoms with Crippen LogP contribution in [0.15, 0.2) is 52.1 Å². The van der Waals surface area contributed by atoms with E-state index in [1.807, 2.05) is 0 Å². The number of carbonyl (C=O) groups excluding carboxylic acids is 2. The number of H-pyrrole nitrogens is 1. The maximum atomic E-state index is 13.3. The smallest absolute Gasteiger partial charge is 0.305 e. The maximum absolute atomic E-state index is 13.3. The minimum Gasteiger partial charge on any atom is -0.481 e. The van der Waals surface area contributed by atoms with Crippen molar-refractivity contribution < 1.29 is 23.9 Å². The van der Waals surface area contributed by atoms with Crippen molar-refractivity contribution in [2.45, 2.75) is 18.6 Å². The Kier molecular flexibility index (Phi) is 7.78. The molecule has 0 fully saturated rings. The molecule has 4 rings (SSSR count). The third-order valence-electron chi connectivity index (χ3n) is 5.39. The summed E-state index contributed by atoms with van der Waals surface area (Å²) >= 11 is 3.34. The Bertz CT molecular complexity index is 1330. The molecule has 0 saturated carbocycles.